The first-order valence-electron chi connectivity index (χ1n) is 8.44. The van der Waals surface area contributed by atoms with Crippen LogP contribution in [0.1, 0.15) is 43.7 Å². The minimum Gasteiger partial charge on any atom is -0.397 e. The van der Waals surface area contributed by atoms with Crippen LogP contribution in [-0.2, 0) is 5.54 Å². The number of anilines is 2. The fourth-order valence-electron chi connectivity index (χ4n) is 3.74. The number of piperidine rings is 1. The van der Waals surface area contributed by atoms with Crippen molar-refractivity contribution in [3.63, 3.8) is 0 Å². The van der Waals surface area contributed by atoms with Crippen LogP contribution in [0.5, 0.6) is 0 Å². The molecule has 3 heteroatoms. The van der Waals surface area contributed by atoms with E-state index in [1.54, 1.807) is 0 Å². The standard InChI is InChI=1S/C20H27N3/c1-20(2,16-7-4-3-5-8-16)23-13-11-15(12-14-23)17-9-6-10-18(21)19(17)22/h3-10,15H,11-14,21-22H2,1-2H3. The molecule has 3 rings (SSSR count). The lowest BCUT2D eigenvalue weighted by Crippen LogP contribution is -2.45. The summed E-state index contributed by atoms with van der Waals surface area (Å²) in [5.74, 6) is 0.515. The average molecular weight is 309 g/mol. The largest absolute Gasteiger partial charge is 0.397 e. The highest BCUT2D eigenvalue weighted by Crippen LogP contribution is 2.38. The van der Waals surface area contributed by atoms with Gasteiger partial charge in [0, 0.05) is 5.54 Å². The molecule has 0 saturated carbocycles. The van der Waals surface area contributed by atoms with Gasteiger partial charge in [-0.25, -0.2) is 0 Å². The molecule has 0 amide bonds. The average Bonchev–Trinajstić information content (AvgIpc) is 2.58. The molecule has 1 heterocycles. The number of para-hydroxylation sites is 1. The van der Waals surface area contributed by atoms with E-state index in [2.05, 4.69) is 55.1 Å². The monoisotopic (exact) mass is 309 g/mol. The second kappa shape index (κ2) is 6.25. The van der Waals surface area contributed by atoms with Gasteiger partial charge in [-0.2, -0.15) is 0 Å². The van der Waals surface area contributed by atoms with Crippen LogP contribution in [0.3, 0.4) is 0 Å². The second-order valence-corrected chi connectivity index (χ2v) is 7.04. The molecule has 0 spiro atoms. The van der Waals surface area contributed by atoms with E-state index >= 15 is 0 Å². The third-order valence-corrected chi connectivity index (χ3v) is 5.38. The molecule has 4 N–H and O–H groups in total. The molecule has 0 aliphatic carbocycles. The van der Waals surface area contributed by atoms with Gasteiger partial charge in [-0.15, -0.1) is 0 Å². The van der Waals surface area contributed by atoms with Crippen molar-refractivity contribution in [3.8, 4) is 0 Å². The zero-order valence-electron chi connectivity index (χ0n) is 14.1. The number of rotatable bonds is 3. The maximum absolute atomic E-state index is 6.19. The Labute approximate surface area is 139 Å². The van der Waals surface area contributed by atoms with E-state index in [1.807, 2.05) is 12.1 Å². The Morgan fingerprint density at radius 3 is 2.22 bits per heavy atom. The van der Waals surface area contributed by atoms with Gasteiger partial charge in [0.1, 0.15) is 0 Å². The Morgan fingerprint density at radius 2 is 1.57 bits per heavy atom. The van der Waals surface area contributed by atoms with Gasteiger partial charge in [-0.05, 0) is 62.9 Å². The lowest BCUT2D eigenvalue weighted by atomic mass is 9.84. The summed E-state index contributed by atoms with van der Waals surface area (Å²) in [6.45, 7) is 6.80. The van der Waals surface area contributed by atoms with E-state index in [1.165, 1.54) is 11.1 Å². The molecule has 23 heavy (non-hydrogen) atoms. The second-order valence-electron chi connectivity index (χ2n) is 7.04. The fraction of sp³-hybridized carbons (Fsp3) is 0.400. The van der Waals surface area contributed by atoms with Gasteiger partial charge >= 0.3 is 0 Å². The molecule has 0 atom stereocenters. The maximum Gasteiger partial charge on any atom is 0.0583 e. The number of nitrogen functional groups attached to an aromatic ring is 2. The van der Waals surface area contributed by atoms with Crippen LogP contribution in [-0.4, -0.2) is 18.0 Å². The summed E-state index contributed by atoms with van der Waals surface area (Å²) in [6, 6.07) is 16.8. The maximum atomic E-state index is 6.19. The molecule has 0 radical (unpaired) electrons. The molecule has 2 aromatic carbocycles. The highest BCUT2D eigenvalue weighted by Gasteiger charge is 2.32. The quantitative estimate of drug-likeness (QED) is 0.844. The van der Waals surface area contributed by atoms with Crippen molar-refractivity contribution >= 4 is 11.4 Å². The van der Waals surface area contributed by atoms with Crippen molar-refractivity contribution in [2.24, 2.45) is 0 Å². The number of nitrogens with zero attached hydrogens (tertiary/aromatic N) is 1. The van der Waals surface area contributed by atoms with Gasteiger partial charge in [0.2, 0.25) is 0 Å². The molecule has 1 aliphatic rings. The van der Waals surface area contributed by atoms with E-state index < -0.39 is 0 Å². The summed E-state index contributed by atoms with van der Waals surface area (Å²) in [6.07, 6.45) is 2.26. The molecule has 2 aromatic rings. The summed E-state index contributed by atoms with van der Waals surface area (Å²) in [5.41, 5.74) is 16.3. The van der Waals surface area contributed by atoms with Gasteiger partial charge in [-0.1, -0.05) is 42.5 Å². The summed E-state index contributed by atoms with van der Waals surface area (Å²) >= 11 is 0. The van der Waals surface area contributed by atoms with Crippen molar-refractivity contribution in [2.45, 2.75) is 38.1 Å². The van der Waals surface area contributed by atoms with Crippen molar-refractivity contribution in [1.29, 1.82) is 0 Å². The van der Waals surface area contributed by atoms with Crippen molar-refractivity contribution in [3.05, 3.63) is 59.7 Å². The third kappa shape index (κ3) is 3.06. The minimum absolute atomic E-state index is 0.0630. The number of benzene rings is 2. The molecule has 1 fully saturated rings. The normalized spacial score (nSPS) is 17.3. The van der Waals surface area contributed by atoms with Gasteiger partial charge < -0.3 is 11.5 Å². The number of likely N-dealkylation sites (tertiary alicyclic amines) is 1. The Hall–Kier alpha value is -2.00. The van der Waals surface area contributed by atoms with Gasteiger partial charge in [0.25, 0.3) is 0 Å². The van der Waals surface area contributed by atoms with Gasteiger partial charge in [-0.3, -0.25) is 4.90 Å². The molecule has 1 saturated heterocycles. The zero-order valence-corrected chi connectivity index (χ0v) is 14.1. The van der Waals surface area contributed by atoms with Crippen molar-refractivity contribution < 1.29 is 0 Å². The highest BCUT2D eigenvalue weighted by molar-refractivity contribution is 5.68. The smallest absolute Gasteiger partial charge is 0.0583 e. The first-order chi connectivity index (χ1) is 11.0. The number of hydrogen-bond donors (Lipinski definition) is 2. The predicted molar refractivity (Wildman–Crippen MR) is 98.3 cm³/mol. The highest BCUT2D eigenvalue weighted by atomic mass is 15.2. The Bertz CT molecular complexity index is 656. The first-order valence-corrected chi connectivity index (χ1v) is 8.44. The topological polar surface area (TPSA) is 55.3 Å². The van der Waals surface area contributed by atoms with E-state index in [9.17, 15) is 0 Å². The fourth-order valence-corrected chi connectivity index (χ4v) is 3.74. The molecule has 122 valence electrons. The summed E-state index contributed by atoms with van der Waals surface area (Å²) in [7, 11) is 0. The molecule has 0 unspecified atom stereocenters. The summed E-state index contributed by atoms with van der Waals surface area (Å²) < 4.78 is 0. The van der Waals surface area contributed by atoms with Crippen LogP contribution in [0.25, 0.3) is 0 Å². The van der Waals surface area contributed by atoms with Crippen LogP contribution < -0.4 is 11.5 Å². The van der Waals surface area contributed by atoms with Crippen LogP contribution in [0, 0.1) is 0 Å². The molecular weight excluding hydrogens is 282 g/mol. The Morgan fingerprint density at radius 1 is 0.913 bits per heavy atom. The number of nitrogens with two attached hydrogens (primary N) is 2. The van der Waals surface area contributed by atoms with E-state index in [0.29, 0.717) is 11.6 Å². The van der Waals surface area contributed by atoms with Crippen molar-refractivity contribution in [1.82, 2.24) is 4.90 Å². The SMILES string of the molecule is CC(C)(c1ccccc1)N1CCC(c2cccc(N)c2N)CC1. The van der Waals surface area contributed by atoms with Crippen LogP contribution in [0.4, 0.5) is 11.4 Å². The van der Waals surface area contributed by atoms with E-state index in [-0.39, 0.29) is 5.54 Å². The zero-order chi connectivity index (χ0) is 16.4. The van der Waals surface area contributed by atoms with E-state index in [4.69, 9.17) is 11.5 Å². The molecule has 0 bridgehead atoms. The Kier molecular flexibility index (Phi) is 4.31. The summed E-state index contributed by atoms with van der Waals surface area (Å²) in [4.78, 5) is 2.58. The van der Waals surface area contributed by atoms with Gasteiger partial charge in [0.15, 0.2) is 0 Å². The molecule has 3 nitrogen and oxygen atoms in total. The van der Waals surface area contributed by atoms with Crippen LogP contribution in [0.15, 0.2) is 48.5 Å². The lowest BCUT2D eigenvalue weighted by Gasteiger charge is -2.43. The van der Waals surface area contributed by atoms with Crippen LogP contribution >= 0.6 is 0 Å². The first kappa shape index (κ1) is 15.9. The Balaban J connectivity index is 1.72. The molecule has 1 aliphatic heterocycles. The predicted octanol–water partition coefficient (Wildman–Crippen LogP) is 3.97. The summed E-state index contributed by atoms with van der Waals surface area (Å²) in [5, 5.41) is 0. The number of hydrogen-bond acceptors (Lipinski definition) is 3. The molecular formula is C20H27N3. The van der Waals surface area contributed by atoms with Crippen LogP contribution in [0.2, 0.25) is 0 Å². The lowest BCUT2D eigenvalue weighted by molar-refractivity contribution is 0.0866. The van der Waals surface area contributed by atoms with Gasteiger partial charge in [0.05, 0.1) is 11.4 Å². The van der Waals surface area contributed by atoms with Crippen molar-refractivity contribution in [2.75, 3.05) is 24.6 Å². The third-order valence-electron chi connectivity index (χ3n) is 5.38. The molecule has 0 aromatic heterocycles. The minimum atomic E-state index is 0.0630. The van der Waals surface area contributed by atoms with E-state index in [0.717, 1.165) is 31.6 Å².